The maximum Gasteiger partial charge on any atom is 0.335 e. The zero-order valence-corrected chi connectivity index (χ0v) is 19.8. The van der Waals surface area contributed by atoms with Crippen molar-refractivity contribution in [3.05, 3.63) is 113 Å². The first-order valence-electron chi connectivity index (χ1n) is 12.2. The molecule has 4 aromatic carbocycles. The van der Waals surface area contributed by atoms with Crippen molar-refractivity contribution in [2.75, 3.05) is 5.32 Å². The summed E-state index contributed by atoms with van der Waals surface area (Å²) >= 11 is 0. The number of carboxylic acid groups (broad SMARTS) is 1. The van der Waals surface area contributed by atoms with Gasteiger partial charge in [0.05, 0.1) is 23.1 Å². The normalized spacial score (nSPS) is 13.6. The summed E-state index contributed by atoms with van der Waals surface area (Å²) in [5.74, 6) is -0.896. The number of hydrogen-bond acceptors (Lipinski definition) is 3. The Morgan fingerprint density at radius 2 is 1.69 bits per heavy atom. The number of nitrogens with one attached hydrogen (secondary N) is 1. The Hall–Kier alpha value is -4.43. The average molecular weight is 475 g/mol. The van der Waals surface area contributed by atoms with E-state index < -0.39 is 5.97 Å². The number of carbonyl (C=O) groups is 2. The summed E-state index contributed by atoms with van der Waals surface area (Å²) < 4.78 is 0. The molecule has 0 spiro atoms. The average Bonchev–Trinajstić information content (AvgIpc) is 3.72. The summed E-state index contributed by atoms with van der Waals surface area (Å²) in [4.78, 5) is 25.5. The molecule has 0 aromatic heterocycles. The highest BCUT2D eigenvalue weighted by Crippen LogP contribution is 2.41. The topological polar surface area (TPSA) is 90.2 Å². The lowest BCUT2D eigenvalue weighted by Gasteiger charge is -2.21. The number of benzene rings is 4. The third-order valence-electron chi connectivity index (χ3n) is 6.91. The van der Waals surface area contributed by atoms with Crippen molar-refractivity contribution >= 4 is 28.3 Å². The first-order valence-corrected chi connectivity index (χ1v) is 12.2. The van der Waals surface area contributed by atoms with Crippen molar-refractivity contribution in [3.63, 3.8) is 0 Å². The summed E-state index contributed by atoms with van der Waals surface area (Å²) in [6.07, 6.45) is 3.37. The van der Waals surface area contributed by atoms with E-state index in [0.717, 1.165) is 41.2 Å². The second-order valence-corrected chi connectivity index (χ2v) is 9.41. The molecule has 5 heteroatoms. The zero-order chi connectivity index (χ0) is 25.1. The van der Waals surface area contributed by atoms with Crippen LogP contribution in [0.3, 0.4) is 0 Å². The molecular weight excluding hydrogens is 448 g/mol. The van der Waals surface area contributed by atoms with Gasteiger partial charge in [0.2, 0.25) is 5.91 Å². The van der Waals surface area contributed by atoms with Crippen molar-refractivity contribution in [1.29, 1.82) is 5.26 Å². The van der Waals surface area contributed by atoms with Crippen LogP contribution >= 0.6 is 0 Å². The van der Waals surface area contributed by atoms with E-state index in [4.69, 9.17) is 0 Å². The SMILES string of the molecule is N#Cc1ccc(Cc2ccccc2C(=O)O)c(NC(=O)C(CC2CC2)c2cccc3ccccc23)c1. The zero-order valence-electron chi connectivity index (χ0n) is 19.8. The van der Waals surface area contributed by atoms with Gasteiger partial charge in [-0.3, -0.25) is 4.79 Å². The Balaban J connectivity index is 1.50. The van der Waals surface area contributed by atoms with E-state index in [1.54, 1.807) is 42.5 Å². The molecule has 0 bridgehead atoms. The Bertz CT molecular complexity index is 1490. The standard InChI is InChI=1S/C31H26N2O3/c32-19-21-14-15-24(18-23-7-2-4-10-26(23)31(35)36)29(17-21)33-30(34)28(16-20-12-13-20)27-11-5-8-22-6-1-3-9-25(22)27/h1-11,14-15,17,20,28H,12-13,16,18H2,(H,33,34)(H,35,36). The number of nitrogens with zero attached hydrogens (tertiary/aromatic N) is 1. The van der Waals surface area contributed by atoms with Crippen molar-refractivity contribution in [2.24, 2.45) is 5.92 Å². The predicted octanol–water partition coefficient (Wildman–Crippen LogP) is 6.52. The van der Waals surface area contributed by atoms with Gasteiger partial charge in [-0.2, -0.15) is 5.26 Å². The minimum Gasteiger partial charge on any atom is -0.478 e. The Kier molecular flexibility index (Phi) is 6.51. The monoisotopic (exact) mass is 474 g/mol. The largest absolute Gasteiger partial charge is 0.478 e. The molecule has 0 heterocycles. The number of nitriles is 1. The molecule has 5 nitrogen and oxygen atoms in total. The fourth-order valence-electron chi connectivity index (χ4n) is 4.84. The minimum absolute atomic E-state index is 0.110. The third-order valence-corrected chi connectivity index (χ3v) is 6.91. The van der Waals surface area contributed by atoms with Crippen LogP contribution in [0.2, 0.25) is 0 Å². The van der Waals surface area contributed by atoms with Gasteiger partial charge in [0.15, 0.2) is 0 Å². The molecule has 5 rings (SSSR count). The van der Waals surface area contributed by atoms with Crippen molar-refractivity contribution in [1.82, 2.24) is 0 Å². The molecule has 4 aromatic rings. The highest BCUT2D eigenvalue weighted by molar-refractivity contribution is 6.00. The fourth-order valence-corrected chi connectivity index (χ4v) is 4.84. The van der Waals surface area contributed by atoms with Crippen LogP contribution in [0.4, 0.5) is 5.69 Å². The molecule has 1 unspecified atom stereocenters. The number of amides is 1. The summed E-state index contributed by atoms with van der Waals surface area (Å²) in [5, 5.41) is 24.4. The Labute approximate surface area is 210 Å². The minimum atomic E-state index is -0.995. The van der Waals surface area contributed by atoms with Gasteiger partial charge in [0.25, 0.3) is 0 Å². The maximum absolute atomic E-state index is 13.8. The number of fused-ring (bicyclic) bond motifs is 1. The van der Waals surface area contributed by atoms with Crippen molar-refractivity contribution < 1.29 is 14.7 Å². The molecule has 0 radical (unpaired) electrons. The van der Waals surface area contributed by atoms with Gasteiger partial charge < -0.3 is 10.4 Å². The Morgan fingerprint density at radius 1 is 0.944 bits per heavy atom. The van der Waals surface area contributed by atoms with Crippen LogP contribution in [0.25, 0.3) is 10.8 Å². The second-order valence-electron chi connectivity index (χ2n) is 9.41. The number of anilines is 1. The molecule has 1 saturated carbocycles. The van der Waals surface area contributed by atoms with Crippen LogP contribution in [0.1, 0.15) is 57.8 Å². The highest BCUT2D eigenvalue weighted by Gasteiger charge is 2.31. The van der Waals surface area contributed by atoms with Gasteiger partial charge in [0.1, 0.15) is 0 Å². The van der Waals surface area contributed by atoms with Crippen LogP contribution in [-0.4, -0.2) is 17.0 Å². The Morgan fingerprint density at radius 3 is 2.47 bits per heavy atom. The molecule has 0 saturated heterocycles. The van der Waals surface area contributed by atoms with Crippen molar-refractivity contribution in [2.45, 2.75) is 31.6 Å². The first kappa shape index (κ1) is 23.3. The van der Waals surface area contributed by atoms with Gasteiger partial charge in [-0.05, 0) is 58.0 Å². The van der Waals surface area contributed by atoms with E-state index in [9.17, 15) is 20.0 Å². The molecule has 0 aliphatic heterocycles. The van der Waals surface area contributed by atoms with E-state index in [0.29, 0.717) is 29.2 Å². The maximum atomic E-state index is 13.8. The van der Waals surface area contributed by atoms with E-state index in [2.05, 4.69) is 29.6 Å². The number of rotatable bonds is 8. The van der Waals surface area contributed by atoms with Gasteiger partial charge in [0, 0.05) is 12.1 Å². The van der Waals surface area contributed by atoms with E-state index in [1.165, 1.54) is 0 Å². The van der Waals surface area contributed by atoms with Gasteiger partial charge in [-0.1, -0.05) is 79.6 Å². The van der Waals surface area contributed by atoms with Gasteiger partial charge in [-0.15, -0.1) is 0 Å². The quantitative estimate of drug-likeness (QED) is 0.304. The van der Waals surface area contributed by atoms with Crippen LogP contribution in [0, 0.1) is 17.2 Å². The molecule has 178 valence electrons. The summed E-state index contributed by atoms with van der Waals surface area (Å²) in [7, 11) is 0. The molecule has 1 aliphatic rings. The molecule has 1 amide bonds. The summed E-state index contributed by atoms with van der Waals surface area (Å²) in [6.45, 7) is 0. The van der Waals surface area contributed by atoms with Crippen LogP contribution < -0.4 is 5.32 Å². The van der Waals surface area contributed by atoms with Gasteiger partial charge >= 0.3 is 5.97 Å². The third kappa shape index (κ3) is 4.99. The molecule has 1 aliphatic carbocycles. The lowest BCUT2D eigenvalue weighted by atomic mass is 9.88. The van der Waals surface area contributed by atoms with Crippen LogP contribution in [-0.2, 0) is 11.2 Å². The number of aromatic carboxylic acids is 1. The van der Waals surface area contributed by atoms with E-state index >= 15 is 0 Å². The lowest BCUT2D eigenvalue weighted by Crippen LogP contribution is -2.23. The summed E-state index contributed by atoms with van der Waals surface area (Å²) in [5.41, 5.74) is 3.62. The van der Waals surface area contributed by atoms with Crippen LogP contribution in [0.5, 0.6) is 0 Å². The predicted molar refractivity (Wildman–Crippen MR) is 140 cm³/mol. The molecule has 2 N–H and O–H groups in total. The smallest absolute Gasteiger partial charge is 0.335 e. The molecule has 36 heavy (non-hydrogen) atoms. The van der Waals surface area contributed by atoms with E-state index in [1.807, 2.05) is 24.3 Å². The fraction of sp³-hybridized carbons (Fsp3) is 0.194. The van der Waals surface area contributed by atoms with Gasteiger partial charge in [-0.25, -0.2) is 4.79 Å². The second kappa shape index (κ2) is 10.1. The van der Waals surface area contributed by atoms with E-state index in [-0.39, 0.29) is 17.4 Å². The summed E-state index contributed by atoms with van der Waals surface area (Å²) in [6, 6.07) is 28.3. The molecular formula is C31H26N2O3. The number of hydrogen-bond donors (Lipinski definition) is 2. The molecule has 1 fully saturated rings. The number of carboxylic acids is 1. The number of carbonyl (C=O) groups excluding carboxylic acids is 1. The highest BCUT2D eigenvalue weighted by atomic mass is 16.4. The van der Waals surface area contributed by atoms with Crippen LogP contribution in [0.15, 0.2) is 84.9 Å². The lowest BCUT2D eigenvalue weighted by molar-refractivity contribution is -0.117. The molecule has 1 atom stereocenters. The van der Waals surface area contributed by atoms with Crippen molar-refractivity contribution in [3.8, 4) is 6.07 Å². The first-order chi connectivity index (χ1) is 17.5.